The van der Waals surface area contributed by atoms with Crippen LogP contribution in [0.25, 0.3) is 34.1 Å². The number of imidazole rings is 1. The Morgan fingerprint density at radius 2 is 1.66 bits per heavy atom. The normalized spacial score (nSPS) is 16.0. The van der Waals surface area contributed by atoms with E-state index < -0.39 is 0 Å². The predicted molar refractivity (Wildman–Crippen MR) is 117 cm³/mol. The second-order valence-electron chi connectivity index (χ2n) is 7.15. The van der Waals surface area contributed by atoms with Crippen LogP contribution in [0.3, 0.4) is 0 Å². The van der Waals surface area contributed by atoms with Gasteiger partial charge in [0.05, 0.1) is 17.7 Å². The number of nitrogens with zero attached hydrogens (tertiary/aromatic N) is 3. The topological polar surface area (TPSA) is 55.9 Å². The van der Waals surface area contributed by atoms with Crippen LogP contribution < -0.4 is 5.32 Å². The highest BCUT2D eigenvalue weighted by Gasteiger charge is 2.26. The van der Waals surface area contributed by atoms with Gasteiger partial charge in [0.2, 0.25) is 5.89 Å². The van der Waals surface area contributed by atoms with E-state index in [0.29, 0.717) is 11.9 Å². The molecular weight excluding hydrogens is 384 g/mol. The fourth-order valence-corrected chi connectivity index (χ4v) is 3.88. The Morgan fingerprint density at radius 3 is 2.31 bits per heavy atom. The Bertz CT molecular complexity index is 1080. The number of aromatic nitrogens is 3. The third-order valence-corrected chi connectivity index (χ3v) is 5.31. The molecule has 3 heterocycles. The zero-order valence-electron chi connectivity index (χ0n) is 16.2. The molecule has 1 aliphatic rings. The molecule has 29 heavy (non-hydrogen) atoms. The standard InChI is InChI=1S/C23H22N4O.ClH/c1-16-20(26-23(28-16)18-10-6-3-7-11-18)22-21(17-8-4-2-5-9-17)25-15-27(22)19-12-13-24-14-19;/h2-11,15,19,24H,12-14H2,1H3;1H. The molecule has 1 unspecified atom stereocenters. The molecule has 0 amide bonds. The lowest BCUT2D eigenvalue weighted by atomic mass is 10.1. The Balaban J connectivity index is 0.00000205. The molecule has 4 aromatic rings. The van der Waals surface area contributed by atoms with E-state index >= 15 is 0 Å². The number of oxazole rings is 1. The number of nitrogens with one attached hydrogen (secondary N) is 1. The van der Waals surface area contributed by atoms with Crippen LogP contribution in [-0.2, 0) is 0 Å². The van der Waals surface area contributed by atoms with E-state index in [4.69, 9.17) is 14.4 Å². The van der Waals surface area contributed by atoms with Gasteiger partial charge in [-0.05, 0) is 32.0 Å². The lowest BCUT2D eigenvalue weighted by molar-refractivity contribution is 0.539. The second-order valence-corrected chi connectivity index (χ2v) is 7.15. The summed E-state index contributed by atoms with van der Waals surface area (Å²) < 4.78 is 8.33. The molecule has 0 bridgehead atoms. The maximum absolute atomic E-state index is 6.07. The molecule has 6 heteroatoms. The van der Waals surface area contributed by atoms with E-state index in [1.54, 1.807) is 0 Å². The van der Waals surface area contributed by atoms with Crippen molar-refractivity contribution >= 4 is 12.4 Å². The van der Waals surface area contributed by atoms with E-state index in [1.165, 1.54) is 0 Å². The molecule has 2 aromatic carbocycles. The van der Waals surface area contributed by atoms with Gasteiger partial charge in [0.25, 0.3) is 0 Å². The molecule has 0 aliphatic carbocycles. The molecule has 0 radical (unpaired) electrons. The number of aryl methyl sites for hydroxylation is 1. The Hall–Kier alpha value is -2.89. The molecule has 1 atom stereocenters. The quantitative estimate of drug-likeness (QED) is 0.510. The summed E-state index contributed by atoms with van der Waals surface area (Å²) in [6.07, 6.45) is 3.03. The average molecular weight is 407 g/mol. The van der Waals surface area contributed by atoms with Gasteiger partial charge in [0, 0.05) is 23.7 Å². The van der Waals surface area contributed by atoms with Crippen LogP contribution >= 0.6 is 12.4 Å². The van der Waals surface area contributed by atoms with Gasteiger partial charge in [0.1, 0.15) is 11.5 Å². The predicted octanol–water partition coefficient (Wildman–Crippen LogP) is 5.14. The van der Waals surface area contributed by atoms with Gasteiger partial charge < -0.3 is 14.3 Å². The maximum Gasteiger partial charge on any atom is 0.226 e. The Labute approximate surface area is 176 Å². The monoisotopic (exact) mass is 406 g/mol. The van der Waals surface area contributed by atoms with Crippen LogP contribution in [0.4, 0.5) is 0 Å². The van der Waals surface area contributed by atoms with E-state index in [2.05, 4.69) is 22.0 Å². The van der Waals surface area contributed by atoms with Gasteiger partial charge in [-0.2, -0.15) is 0 Å². The zero-order valence-corrected chi connectivity index (χ0v) is 17.0. The highest BCUT2D eigenvalue weighted by atomic mass is 35.5. The lowest BCUT2D eigenvalue weighted by Gasteiger charge is -2.14. The van der Waals surface area contributed by atoms with Gasteiger partial charge in [0.15, 0.2) is 0 Å². The first kappa shape index (κ1) is 19.4. The number of hydrogen-bond acceptors (Lipinski definition) is 4. The van der Waals surface area contributed by atoms with Gasteiger partial charge >= 0.3 is 0 Å². The van der Waals surface area contributed by atoms with Crippen molar-refractivity contribution in [1.82, 2.24) is 19.9 Å². The largest absolute Gasteiger partial charge is 0.441 e. The molecule has 0 saturated carbocycles. The molecule has 0 spiro atoms. The summed E-state index contributed by atoms with van der Waals surface area (Å²) in [4.78, 5) is 9.68. The SMILES string of the molecule is Cc1oc(-c2ccccc2)nc1-c1c(-c2ccccc2)ncn1C1CCNC1.Cl. The highest BCUT2D eigenvalue weighted by Crippen LogP contribution is 2.37. The smallest absolute Gasteiger partial charge is 0.226 e. The van der Waals surface area contributed by atoms with Crippen LogP contribution in [-0.4, -0.2) is 27.6 Å². The second kappa shape index (κ2) is 8.23. The molecular formula is C23H23ClN4O. The first-order valence-electron chi connectivity index (χ1n) is 9.67. The molecule has 5 rings (SSSR count). The highest BCUT2D eigenvalue weighted by molar-refractivity contribution is 5.85. The summed E-state index contributed by atoms with van der Waals surface area (Å²) in [5.41, 5.74) is 4.91. The number of halogens is 1. The van der Waals surface area contributed by atoms with Crippen molar-refractivity contribution in [2.75, 3.05) is 13.1 Å². The number of rotatable bonds is 4. The van der Waals surface area contributed by atoms with Crippen molar-refractivity contribution in [2.45, 2.75) is 19.4 Å². The van der Waals surface area contributed by atoms with E-state index in [9.17, 15) is 0 Å². The summed E-state index contributed by atoms with van der Waals surface area (Å²) in [7, 11) is 0. The molecule has 1 N–H and O–H groups in total. The molecule has 1 saturated heterocycles. The van der Waals surface area contributed by atoms with E-state index in [-0.39, 0.29) is 12.4 Å². The van der Waals surface area contributed by atoms with Gasteiger partial charge in [-0.3, -0.25) is 0 Å². The van der Waals surface area contributed by atoms with Gasteiger partial charge in [-0.1, -0.05) is 48.5 Å². The first-order valence-corrected chi connectivity index (χ1v) is 9.67. The Kier molecular flexibility index (Phi) is 5.51. The van der Waals surface area contributed by atoms with Crippen LogP contribution in [0.1, 0.15) is 18.2 Å². The minimum Gasteiger partial charge on any atom is -0.441 e. The maximum atomic E-state index is 6.07. The summed E-state index contributed by atoms with van der Waals surface area (Å²) in [6.45, 7) is 3.95. The summed E-state index contributed by atoms with van der Waals surface area (Å²) >= 11 is 0. The van der Waals surface area contributed by atoms with Crippen molar-refractivity contribution in [3.8, 4) is 34.1 Å². The molecule has 5 nitrogen and oxygen atoms in total. The van der Waals surface area contributed by atoms with Crippen LogP contribution in [0, 0.1) is 6.92 Å². The molecule has 2 aromatic heterocycles. The van der Waals surface area contributed by atoms with Crippen LogP contribution in [0.5, 0.6) is 0 Å². The van der Waals surface area contributed by atoms with Crippen molar-refractivity contribution in [1.29, 1.82) is 0 Å². The zero-order chi connectivity index (χ0) is 18.9. The minimum atomic E-state index is 0. The van der Waals surface area contributed by atoms with Crippen LogP contribution in [0.2, 0.25) is 0 Å². The molecule has 148 valence electrons. The third-order valence-electron chi connectivity index (χ3n) is 5.31. The molecule has 1 aliphatic heterocycles. The minimum absolute atomic E-state index is 0. The molecule has 1 fully saturated rings. The lowest BCUT2D eigenvalue weighted by Crippen LogP contribution is -2.13. The first-order chi connectivity index (χ1) is 13.8. The summed E-state index contributed by atoms with van der Waals surface area (Å²) in [5, 5.41) is 3.45. The Morgan fingerprint density at radius 1 is 0.966 bits per heavy atom. The van der Waals surface area contributed by atoms with Crippen LogP contribution in [0.15, 0.2) is 71.4 Å². The van der Waals surface area contributed by atoms with Crippen molar-refractivity contribution in [2.24, 2.45) is 0 Å². The number of hydrogen-bond donors (Lipinski definition) is 1. The van der Waals surface area contributed by atoms with E-state index in [0.717, 1.165) is 53.5 Å². The fraction of sp³-hybridized carbons (Fsp3) is 0.217. The van der Waals surface area contributed by atoms with Crippen molar-refractivity contribution in [3.05, 3.63) is 72.8 Å². The van der Waals surface area contributed by atoms with Crippen molar-refractivity contribution in [3.63, 3.8) is 0 Å². The number of benzene rings is 2. The summed E-state index contributed by atoms with van der Waals surface area (Å²) in [5.74, 6) is 1.45. The average Bonchev–Trinajstić information content (AvgIpc) is 3.48. The van der Waals surface area contributed by atoms with Crippen molar-refractivity contribution < 1.29 is 4.42 Å². The third kappa shape index (κ3) is 3.59. The van der Waals surface area contributed by atoms with Gasteiger partial charge in [-0.15, -0.1) is 12.4 Å². The van der Waals surface area contributed by atoms with E-state index in [1.807, 2.05) is 61.8 Å². The summed E-state index contributed by atoms with van der Waals surface area (Å²) in [6, 6.07) is 20.7. The fourth-order valence-electron chi connectivity index (χ4n) is 3.88. The van der Waals surface area contributed by atoms with Gasteiger partial charge in [-0.25, -0.2) is 9.97 Å².